The lowest BCUT2D eigenvalue weighted by Gasteiger charge is -2.19. The molecule has 0 nitrogen and oxygen atoms in total. The molecule has 2 aromatic rings. The first-order valence-corrected chi connectivity index (χ1v) is 7.30. The Morgan fingerprint density at radius 3 is 2.28 bits per heavy atom. The van der Waals surface area contributed by atoms with Crippen LogP contribution in [0.2, 0.25) is 0 Å². The van der Waals surface area contributed by atoms with Crippen LogP contribution in [0.1, 0.15) is 32.3 Å². The summed E-state index contributed by atoms with van der Waals surface area (Å²) in [7, 11) is 0. The fourth-order valence-electron chi connectivity index (χ4n) is 2.56. The summed E-state index contributed by atoms with van der Waals surface area (Å²) in [5.41, 5.74) is 1.35. The molecule has 1 heteroatoms. The fraction of sp³-hybridized carbons (Fsp3) is 0.412. The van der Waals surface area contributed by atoms with E-state index in [2.05, 4.69) is 56.3 Å². The Morgan fingerprint density at radius 2 is 1.61 bits per heavy atom. The van der Waals surface area contributed by atoms with Crippen LogP contribution in [-0.4, -0.2) is 5.38 Å². The van der Waals surface area contributed by atoms with Gasteiger partial charge in [0.2, 0.25) is 0 Å². The maximum atomic E-state index is 6.53. The topological polar surface area (TPSA) is 0 Å². The molecule has 0 aromatic heterocycles. The third-order valence-electron chi connectivity index (χ3n) is 3.80. The van der Waals surface area contributed by atoms with Gasteiger partial charge in [-0.05, 0) is 28.7 Å². The average Bonchev–Trinajstić information content (AvgIpc) is 2.40. The minimum absolute atomic E-state index is 0.251. The van der Waals surface area contributed by atoms with Crippen molar-refractivity contribution in [2.75, 3.05) is 0 Å². The smallest absolute Gasteiger partial charge is 0.0404 e. The van der Waals surface area contributed by atoms with Gasteiger partial charge in [-0.3, -0.25) is 0 Å². The number of alkyl halides is 1. The van der Waals surface area contributed by atoms with Gasteiger partial charge in [0.1, 0.15) is 0 Å². The Kier molecular flexibility index (Phi) is 4.66. The summed E-state index contributed by atoms with van der Waals surface area (Å²) in [6.45, 7) is 4.45. The molecule has 0 aliphatic heterocycles. The lowest BCUT2D eigenvalue weighted by atomic mass is 9.93. The molecule has 0 aliphatic carbocycles. The molecule has 0 amide bonds. The van der Waals surface area contributed by atoms with Crippen LogP contribution in [0.4, 0.5) is 0 Å². The number of rotatable bonds is 5. The van der Waals surface area contributed by atoms with Crippen molar-refractivity contribution in [3.63, 3.8) is 0 Å². The highest BCUT2D eigenvalue weighted by molar-refractivity contribution is 6.20. The van der Waals surface area contributed by atoms with Gasteiger partial charge >= 0.3 is 0 Å². The van der Waals surface area contributed by atoms with Crippen molar-refractivity contribution in [2.24, 2.45) is 5.92 Å². The second-order valence-electron chi connectivity index (χ2n) is 4.98. The van der Waals surface area contributed by atoms with Crippen molar-refractivity contribution in [2.45, 2.75) is 38.5 Å². The monoisotopic (exact) mass is 260 g/mol. The van der Waals surface area contributed by atoms with E-state index < -0.39 is 0 Å². The number of fused-ring (bicyclic) bond motifs is 1. The van der Waals surface area contributed by atoms with E-state index in [1.165, 1.54) is 16.3 Å². The lowest BCUT2D eigenvalue weighted by molar-refractivity contribution is 0.464. The van der Waals surface area contributed by atoms with E-state index in [9.17, 15) is 0 Å². The lowest BCUT2D eigenvalue weighted by Crippen LogP contribution is -2.16. The van der Waals surface area contributed by atoms with Crippen LogP contribution in [0.25, 0.3) is 10.8 Å². The van der Waals surface area contributed by atoms with E-state index in [0.29, 0.717) is 5.92 Å². The van der Waals surface area contributed by atoms with Crippen molar-refractivity contribution in [1.82, 2.24) is 0 Å². The molecule has 0 N–H and O–H groups in total. The zero-order chi connectivity index (χ0) is 13.0. The number of benzene rings is 2. The standard InChI is InChI=1S/C17H21Cl/c1-3-14(4-2)17(18)12-13-9-10-15-7-5-6-8-16(15)11-13/h5-11,14,17H,3-4,12H2,1-2H3. The average molecular weight is 261 g/mol. The minimum Gasteiger partial charge on any atom is -0.122 e. The first kappa shape index (κ1) is 13.4. The molecule has 0 saturated heterocycles. The highest BCUT2D eigenvalue weighted by Gasteiger charge is 2.16. The maximum Gasteiger partial charge on any atom is 0.0404 e. The first-order valence-electron chi connectivity index (χ1n) is 6.86. The highest BCUT2D eigenvalue weighted by atomic mass is 35.5. The Labute approximate surface area is 115 Å². The van der Waals surface area contributed by atoms with Gasteiger partial charge in [0.05, 0.1) is 0 Å². The molecule has 2 aromatic carbocycles. The highest BCUT2D eigenvalue weighted by Crippen LogP contribution is 2.24. The van der Waals surface area contributed by atoms with Gasteiger partial charge in [-0.15, -0.1) is 11.6 Å². The second-order valence-corrected chi connectivity index (χ2v) is 5.54. The Balaban J connectivity index is 2.16. The molecular weight excluding hydrogens is 240 g/mol. The molecule has 18 heavy (non-hydrogen) atoms. The third kappa shape index (κ3) is 3.05. The van der Waals surface area contributed by atoms with Gasteiger partial charge < -0.3 is 0 Å². The minimum atomic E-state index is 0.251. The predicted molar refractivity (Wildman–Crippen MR) is 81.4 cm³/mol. The molecule has 0 spiro atoms. The van der Waals surface area contributed by atoms with Crippen LogP contribution >= 0.6 is 11.6 Å². The Hall–Kier alpha value is -1.01. The fourth-order valence-corrected chi connectivity index (χ4v) is 3.09. The van der Waals surface area contributed by atoms with Crippen LogP contribution in [0, 0.1) is 5.92 Å². The molecule has 0 saturated carbocycles. The SMILES string of the molecule is CCC(CC)C(Cl)Cc1ccc2ccccc2c1. The summed E-state index contributed by atoms with van der Waals surface area (Å²) in [6, 6.07) is 15.2. The normalized spacial score (nSPS) is 13.1. The zero-order valence-corrected chi connectivity index (χ0v) is 12.0. The van der Waals surface area contributed by atoms with E-state index in [-0.39, 0.29) is 5.38 Å². The molecular formula is C17H21Cl. The van der Waals surface area contributed by atoms with Crippen molar-refractivity contribution < 1.29 is 0 Å². The van der Waals surface area contributed by atoms with Crippen molar-refractivity contribution >= 4 is 22.4 Å². The molecule has 0 radical (unpaired) electrons. The summed E-state index contributed by atoms with van der Waals surface area (Å²) < 4.78 is 0. The second kappa shape index (κ2) is 6.24. The van der Waals surface area contributed by atoms with Crippen LogP contribution in [0.15, 0.2) is 42.5 Å². The van der Waals surface area contributed by atoms with Crippen molar-refractivity contribution in [3.05, 3.63) is 48.0 Å². The van der Waals surface area contributed by atoms with Gasteiger partial charge in [-0.1, -0.05) is 69.2 Å². The summed E-state index contributed by atoms with van der Waals surface area (Å²) in [6.07, 6.45) is 3.30. The van der Waals surface area contributed by atoms with Gasteiger partial charge in [-0.2, -0.15) is 0 Å². The molecule has 1 unspecified atom stereocenters. The molecule has 0 bridgehead atoms. The molecule has 0 fully saturated rings. The number of hydrogen-bond donors (Lipinski definition) is 0. The summed E-state index contributed by atoms with van der Waals surface area (Å²) in [5.74, 6) is 0.623. The largest absolute Gasteiger partial charge is 0.122 e. The van der Waals surface area contributed by atoms with E-state index in [4.69, 9.17) is 11.6 Å². The quantitative estimate of drug-likeness (QED) is 0.629. The van der Waals surface area contributed by atoms with Crippen LogP contribution in [-0.2, 0) is 6.42 Å². The molecule has 0 heterocycles. The van der Waals surface area contributed by atoms with Crippen LogP contribution in [0.5, 0.6) is 0 Å². The molecule has 1 atom stereocenters. The van der Waals surface area contributed by atoms with E-state index in [1.807, 2.05) is 0 Å². The molecule has 2 rings (SSSR count). The van der Waals surface area contributed by atoms with Crippen LogP contribution < -0.4 is 0 Å². The van der Waals surface area contributed by atoms with Gasteiger partial charge in [0.25, 0.3) is 0 Å². The van der Waals surface area contributed by atoms with E-state index >= 15 is 0 Å². The molecule has 96 valence electrons. The van der Waals surface area contributed by atoms with E-state index in [0.717, 1.165) is 19.3 Å². The zero-order valence-electron chi connectivity index (χ0n) is 11.2. The summed E-state index contributed by atoms with van der Waals surface area (Å²) in [5, 5.41) is 2.86. The van der Waals surface area contributed by atoms with Gasteiger partial charge in [0, 0.05) is 5.38 Å². The first-order chi connectivity index (χ1) is 8.74. The van der Waals surface area contributed by atoms with E-state index in [1.54, 1.807) is 0 Å². The summed E-state index contributed by atoms with van der Waals surface area (Å²) in [4.78, 5) is 0. The van der Waals surface area contributed by atoms with Gasteiger partial charge in [0.15, 0.2) is 0 Å². The third-order valence-corrected chi connectivity index (χ3v) is 4.32. The Morgan fingerprint density at radius 1 is 0.944 bits per heavy atom. The predicted octanol–water partition coefficient (Wildman–Crippen LogP) is 5.43. The number of halogens is 1. The number of hydrogen-bond acceptors (Lipinski definition) is 0. The van der Waals surface area contributed by atoms with Crippen LogP contribution in [0.3, 0.4) is 0 Å². The van der Waals surface area contributed by atoms with Gasteiger partial charge in [-0.25, -0.2) is 0 Å². The van der Waals surface area contributed by atoms with Crippen molar-refractivity contribution in [1.29, 1.82) is 0 Å². The summed E-state index contributed by atoms with van der Waals surface area (Å²) >= 11 is 6.53. The van der Waals surface area contributed by atoms with Crippen molar-refractivity contribution in [3.8, 4) is 0 Å². The maximum absolute atomic E-state index is 6.53. The Bertz CT molecular complexity index is 500. The molecule has 0 aliphatic rings.